The fourth-order valence-corrected chi connectivity index (χ4v) is 2.94. The van der Waals surface area contributed by atoms with Gasteiger partial charge in [-0.15, -0.1) is 0 Å². The van der Waals surface area contributed by atoms with Crippen LogP contribution in [0.15, 0.2) is 42.9 Å². The van der Waals surface area contributed by atoms with E-state index < -0.39 is 0 Å². The summed E-state index contributed by atoms with van der Waals surface area (Å²) in [7, 11) is 0. The van der Waals surface area contributed by atoms with Crippen molar-refractivity contribution in [2.75, 3.05) is 29.4 Å². The molecule has 1 amide bonds. The summed E-state index contributed by atoms with van der Waals surface area (Å²) < 4.78 is 0. The molecule has 0 aliphatic carbocycles. The van der Waals surface area contributed by atoms with Gasteiger partial charge in [0, 0.05) is 32.0 Å². The predicted octanol–water partition coefficient (Wildman–Crippen LogP) is 3.13. The standard InChI is InChI=1S/C18H22N4O/c1-2-22(16-7-6-10-19-14-16)18(23)15-8-9-17(20-13-15)21-11-4-3-5-12-21/h6-10,13-14H,2-5,11-12H2,1H3. The van der Waals surface area contributed by atoms with E-state index in [4.69, 9.17) is 0 Å². The molecule has 1 saturated heterocycles. The molecule has 3 rings (SSSR count). The number of hydrogen-bond acceptors (Lipinski definition) is 4. The minimum absolute atomic E-state index is 0.0433. The molecule has 0 spiro atoms. The van der Waals surface area contributed by atoms with E-state index in [1.807, 2.05) is 31.2 Å². The van der Waals surface area contributed by atoms with Gasteiger partial charge in [-0.25, -0.2) is 4.98 Å². The molecule has 2 aromatic heterocycles. The van der Waals surface area contributed by atoms with E-state index in [0.717, 1.165) is 24.6 Å². The maximum atomic E-state index is 12.7. The zero-order valence-electron chi connectivity index (χ0n) is 13.5. The lowest BCUT2D eigenvalue weighted by molar-refractivity contribution is 0.0988. The van der Waals surface area contributed by atoms with Crippen molar-refractivity contribution in [3.05, 3.63) is 48.4 Å². The van der Waals surface area contributed by atoms with E-state index in [0.29, 0.717) is 12.1 Å². The Morgan fingerprint density at radius 2 is 2.00 bits per heavy atom. The molecule has 0 saturated carbocycles. The molecule has 120 valence electrons. The summed E-state index contributed by atoms with van der Waals surface area (Å²) in [6.45, 7) is 4.66. The van der Waals surface area contributed by atoms with Crippen LogP contribution in [0.1, 0.15) is 36.5 Å². The first-order chi connectivity index (χ1) is 11.3. The quantitative estimate of drug-likeness (QED) is 0.870. The highest BCUT2D eigenvalue weighted by Crippen LogP contribution is 2.19. The number of amides is 1. The third-order valence-electron chi connectivity index (χ3n) is 4.19. The number of hydrogen-bond donors (Lipinski definition) is 0. The number of piperidine rings is 1. The molecular weight excluding hydrogens is 288 g/mol. The summed E-state index contributed by atoms with van der Waals surface area (Å²) in [6.07, 6.45) is 8.82. The second-order valence-corrected chi connectivity index (χ2v) is 5.71. The molecule has 0 N–H and O–H groups in total. The van der Waals surface area contributed by atoms with Gasteiger partial charge in [0.2, 0.25) is 0 Å². The molecule has 0 unspecified atom stereocenters. The van der Waals surface area contributed by atoms with Gasteiger partial charge in [-0.1, -0.05) is 0 Å². The molecular formula is C18H22N4O. The van der Waals surface area contributed by atoms with Crippen molar-refractivity contribution < 1.29 is 4.79 Å². The molecule has 5 nitrogen and oxygen atoms in total. The van der Waals surface area contributed by atoms with Crippen LogP contribution in [0.2, 0.25) is 0 Å². The van der Waals surface area contributed by atoms with Crippen LogP contribution in [-0.2, 0) is 0 Å². The second kappa shape index (κ2) is 7.22. The van der Waals surface area contributed by atoms with Gasteiger partial charge in [0.05, 0.1) is 17.4 Å². The van der Waals surface area contributed by atoms with Crippen molar-refractivity contribution in [2.45, 2.75) is 26.2 Å². The van der Waals surface area contributed by atoms with Gasteiger partial charge in [-0.3, -0.25) is 9.78 Å². The highest BCUT2D eigenvalue weighted by Gasteiger charge is 2.18. The Bertz CT molecular complexity index is 636. The van der Waals surface area contributed by atoms with Crippen molar-refractivity contribution in [1.29, 1.82) is 0 Å². The molecule has 0 bridgehead atoms. The Labute approximate surface area is 137 Å². The Hall–Kier alpha value is -2.43. The van der Waals surface area contributed by atoms with Crippen LogP contribution in [-0.4, -0.2) is 35.5 Å². The van der Waals surface area contributed by atoms with Crippen molar-refractivity contribution >= 4 is 17.4 Å². The van der Waals surface area contributed by atoms with Gasteiger partial charge in [0.25, 0.3) is 5.91 Å². The van der Waals surface area contributed by atoms with Crippen LogP contribution in [0.25, 0.3) is 0 Å². The van der Waals surface area contributed by atoms with E-state index in [2.05, 4.69) is 14.9 Å². The molecule has 3 heterocycles. The molecule has 1 aliphatic heterocycles. The highest BCUT2D eigenvalue weighted by molar-refractivity contribution is 6.05. The zero-order valence-corrected chi connectivity index (χ0v) is 13.5. The van der Waals surface area contributed by atoms with E-state index >= 15 is 0 Å². The minimum Gasteiger partial charge on any atom is -0.357 e. The van der Waals surface area contributed by atoms with Gasteiger partial charge in [-0.05, 0) is 50.5 Å². The largest absolute Gasteiger partial charge is 0.357 e. The fraction of sp³-hybridized carbons (Fsp3) is 0.389. The van der Waals surface area contributed by atoms with E-state index in [1.54, 1.807) is 23.5 Å². The number of carbonyl (C=O) groups excluding carboxylic acids is 1. The molecule has 0 radical (unpaired) electrons. The Balaban J connectivity index is 1.76. The maximum absolute atomic E-state index is 12.7. The van der Waals surface area contributed by atoms with E-state index in [1.165, 1.54) is 19.3 Å². The van der Waals surface area contributed by atoms with Crippen molar-refractivity contribution in [3.63, 3.8) is 0 Å². The Kier molecular flexibility index (Phi) is 4.86. The SMILES string of the molecule is CCN(C(=O)c1ccc(N2CCCCC2)nc1)c1cccnc1. The lowest BCUT2D eigenvalue weighted by Crippen LogP contribution is -2.32. The normalized spacial score (nSPS) is 14.6. The van der Waals surface area contributed by atoms with Crippen LogP contribution >= 0.6 is 0 Å². The monoisotopic (exact) mass is 310 g/mol. The van der Waals surface area contributed by atoms with Crippen LogP contribution < -0.4 is 9.80 Å². The minimum atomic E-state index is -0.0433. The van der Waals surface area contributed by atoms with Gasteiger partial charge >= 0.3 is 0 Å². The van der Waals surface area contributed by atoms with E-state index in [-0.39, 0.29) is 5.91 Å². The molecule has 23 heavy (non-hydrogen) atoms. The average molecular weight is 310 g/mol. The molecule has 0 aromatic carbocycles. The number of aromatic nitrogens is 2. The van der Waals surface area contributed by atoms with Crippen molar-refractivity contribution in [1.82, 2.24) is 9.97 Å². The number of rotatable bonds is 4. The summed E-state index contributed by atoms with van der Waals surface area (Å²) in [5.74, 6) is 0.920. The van der Waals surface area contributed by atoms with Gasteiger partial charge < -0.3 is 9.80 Å². The molecule has 0 atom stereocenters. The number of anilines is 2. The summed E-state index contributed by atoms with van der Waals surface area (Å²) >= 11 is 0. The lowest BCUT2D eigenvalue weighted by Gasteiger charge is -2.27. The highest BCUT2D eigenvalue weighted by atomic mass is 16.2. The first kappa shape index (κ1) is 15.5. The molecule has 1 fully saturated rings. The number of nitrogens with zero attached hydrogens (tertiary/aromatic N) is 4. The summed E-state index contributed by atoms with van der Waals surface area (Å²) in [5.41, 5.74) is 1.41. The molecule has 5 heteroatoms. The number of pyridine rings is 2. The lowest BCUT2D eigenvalue weighted by atomic mass is 10.1. The van der Waals surface area contributed by atoms with Crippen molar-refractivity contribution in [3.8, 4) is 0 Å². The summed E-state index contributed by atoms with van der Waals surface area (Å²) in [4.78, 5) is 25.3. The summed E-state index contributed by atoms with van der Waals surface area (Å²) in [6, 6.07) is 7.56. The zero-order chi connectivity index (χ0) is 16.1. The van der Waals surface area contributed by atoms with Gasteiger partial charge in [-0.2, -0.15) is 0 Å². The Morgan fingerprint density at radius 1 is 1.17 bits per heavy atom. The third kappa shape index (κ3) is 3.50. The van der Waals surface area contributed by atoms with Crippen LogP contribution in [0.5, 0.6) is 0 Å². The second-order valence-electron chi connectivity index (χ2n) is 5.71. The molecule has 1 aliphatic rings. The third-order valence-corrected chi connectivity index (χ3v) is 4.19. The van der Waals surface area contributed by atoms with Gasteiger partial charge in [0.1, 0.15) is 5.82 Å². The van der Waals surface area contributed by atoms with Crippen LogP contribution in [0.3, 0.4) is 0 Å². The topological polar surface area (TPSA) is 49.3 Å². The van der Waals surface area contributed by atoms with Gasteiger partial charge in [0.15, 0.2) is 0 Å². The van der Waals surface area contributed by atoms with Crippen LogP contribution in [0.4, 0.5) is 11.5 Å². The van der Waals surface area contributed by atoms with Crippen molar-refractivity contribution in [2.24, 2.45) is 0 Å². The fourth-order valence-electron chi connectivity index (χ4n) is 2.94. The van der Waals surface area contributed by atoms with E-state index in [9.17, 15) is 4.79 Å². The maximum Gasteiger partial charge on any atom is 0.259 e. The number of carbonyl (C=O) groups is 1. The Morgan fingerprint density at radius 3 is 2.61 bits per heavy atom. The smallest absolute Gasteiger partial charge is 0.259 e. The van der Waals surface area contributed by atoms with Crippen LogP contribution in [0, 0.1) is 0 Å². The average Bonchev–Trinajstić information content (AvgIpc) is 2.64. The molecule has 2 aromatic rings. The summed E-state index contributed by atoms with van der Waals surface area (Å²) in [5, 5.41) is 0. The first-order valence-electron chi connectivity index (χ1n) is 8.22. The first-order valence-corrected chi connectivity index (χ1v) is 8.22. The predicted molar refractivity (Wildman–Crippen MR) is 91.9 cm³/mol.